The first-order valence-corrected chi connectivity index (χ1v) is 8.57. The predicted molar refractivity (Wildman–Crippen MR) is 89.8 cm³/mol. The van der Waals surface area contributed by atoms with E-state index in [1.165, 1.54) is 12.0 Å². The molecule has 0 radical (unpaired) electrons. The van der Waals surface area contributed by atoms with Crippen molar-refractivity contribution < 1.29 is 14.9 Å². The molecule has 5 nitrogen and oxygen atoms in total. The molecule has 1 aliphatic carbocycles. The molecule has 126 valence electrons. The molecule has 0 heterocycles. The number of nitrogens with one attached hydrogen (secondary N) is 2. The standard InChI is InChI=1S/C18H27N3O2/c1-13(15-9-5-3-6-10-15)19-14(2)17(22)21-18(23)20-16-11-7-4-8-12-16/h3,5-6,9-10,13-14,16,19H,4,7-8,11-12H2,1-2H3,(H2,20,21,22,23)/p+1/t13-,14-/m1/s1. The van der Waals surface area contributed by atoms with Crippen molar-refractivity contribution in [2.75, 3.05) is 0 Å². The Morgan fingerprint density at radius 3 is 2.39 bits per heavy atom. The van der Waals surface area contributed by atoms with Gasteiger partial charge in [-0.15, -0.1) is 0 Å². The van der Waals surface area contributed by atoms with Gasteiger partial charge in [-0.1, -0.05) is 49.6 Å². The molecule has 3 amide bonds. The highest BCUT2D eigenvalue weighted by atomic mass is 16.2. The Bertz CT molecular complexity index is 512. The van der Waals surface area contributed by atoms with E-state index in [0.29, 0.717) is 0 Å². The predicted octanol–water partition coefficient (Wildman–Crippen LogP) is 1.86. The summed E-state index contributed by atoms with van der Waals surface area (Å²) in [4.78, 5) is 24.1. The molecule has 1 aromatic rings. The van der Waals surface area contributed by atoms with Gasteiger partial charge in [-0.25, -0.2) is 4.79 Å². The molecule has 2 rings (SSSR count). The molecular formula is C18H28N3O2+. The van der Waals surface area contributed by atoms with E-state index in [9.17, 15) is 9.59 Å². The van der Waals surface area contributed by atoms with Crippen molar-refractivity contribution in [2.24, 2.45) is 0 Å². The summed E-state index contributed by atoms with van der Waals surface area (Å²) in [6.45, 7) is 3.88. The molecule has 4 N–H and O–H groups in total. The number of urea groups is 1. The largest absolute Gasteiger partial charge is 0.335 e. The van der Waals surface area contributed by atoms with Crippen LogP contribution in [0.5, 0.6) is 0 Å². The van der Waals surface area contributed by atoms with Gasteiger partial charge >= 0.3 is 6.03 Å². The lowest BCUT2D eigenvalue weighted by molar-refractivity contribution is -0.710. The second kappa shape index (κ2) is 8.67. The van der Waals surface area contributed by atoms with Crippen LogP contribution in [-0.4, -0.2) is 24.0 Å². The highest BCUT2D eigenvalue weighted by Crippen LogP contribution is 2.17. The molecule has 1 saturated carbocycles. The summed E-state index contributed by atoms with van der Waals surface area (Å²) in [7, 11) is 0. The summed E-state index contributed by atoms with van der Waals surface area (Å²) in [5.41, 5.74) is 1.17. The average molecular weight is 318 g/mol. The van der Waals surface area contributed by atoms with Crippen LogP contribution in [0.4, 0.5) is 4.79 Å². The summed E-state index contributed by atoms with van der Waals surface area (Å²) >= 11 is 0. The maximum atomic E-state index is 12.2. The Morgan fingerprint density at radius 1 is 1.09 bits per heavy atom. The van der Waals surface area contributed by atoms with Gasteiger partial charge in [-0.2, -0.15) is 0 Å². The highest BCUT2D eigenvalue weighted by molar-refractivity contribution is 5.96. The van der Waals surface area contributed by atoms with Gasteiger partial charge in [0.1, 0.15) is 6.04 Å². The Morgan fingerprint density at radius 2 is 1.74 bits per heavy atom. The minimum absolute atomic E-state index is 0.165. The Hall–Kier alpha value is -1.88. The highest BCUT2D eigenvalue weighted by Gasteiger charge is 2.23. The lowest BCUT2D eigenvalue weighted by Crippen LogP contribution is -2.92. The fourth-order valence-electron chi connectivity index (χ4n) is 3.08. The average Bonchev–Trinajstić information content (AvgIpc) is 2.56. The number of carbonyl (C=O) groups is 2. The lowest BCUT2D eigenvalue weighted by atomic mass is 9.96. The van der Waals surface area contributed by atoms with Crippen LogP contribution in [0, 0.1) is 0 Å². The number of benzene rings is 1. The number of carbonyl (C=O) groups excluding carboxylic acids is 2. The summed E-state index contributed by atoms with van der Waals surface area (Å²) in [6, 6.07) is 9.73. The summed E-state index contributed by atoms with van der Waals surface area (Å²) < 4.78 is 0. The number of rotatable bonds is 5. The summed E-state index contributed by atoms with van der Waals surface area (Å²) in [5.74, 6) is -0.249. The van der Waals surface area contributed by atoms with Crippen LogP contribution in [0.3, 0.4) is 0 Å². The number of nitrogens with two attached hydrogens (primary N) is 1. The Balaban J connectivity index is 1.76. The molecule has 0 aliphatic heterocycles. The zero-order valence-corrected chi connectivity index (χ0v) is 14.0. The van der Waals surface area contributed by atoms with Gasteiger partial charge < -0.3 is 10.6 Å². The molecule has 0 unspecified atom stereocenters. The van der Waals surface area contributed by atoms with E-state index in [4.69, 9.17) is 0 Å². The minimum atomic E-state index is -0.366. The van der Waals surface area contributed by atoms with Crippen LogP contribution < -0.4 is 16.0 Å². The fraction of sp³-hybridized carbons (Fsp3) is 0.556. The fourth-order valence-corrected chi connectivity index (χ4v) is 3.08. The molecule has 1 aliphatic rings. The van der Waals surface area contributed by atoms with Crippen LogP contribution >= 0.6 is 0 Å². The van der Waals surface area contributed by atoms with Crippen LogP contribution in [0.15, 0.2) is 30.3 Å². The van der Waals surface area contributed by atoms with Crippen molar-refractivity contribution in [1.29, 1.82) is 0 Å². The molecule has 23 heavy (non-hydrogen) atoms. The molecule has 2 atom stereocenters. The summed E-state index contributed by atoms with van der Waals surface area (Å²) in [5, 5.41) is 7.34. The molecule has 0 aromatic heterocycles. The zero-order valence-electron chi connectivity index (χ0n) is 14.0. The number of hydrogen-bond donors (Lipinski definition) is 3. The second-order valence-corrected chi connectivity index (χ2v) is 6.48. The van der Waals surface area contributed by atoms with Crippen molar-refractivity contribution in [2.45, 2.75) is 64.1 Å². The van der Waals surface area contributed by atoms with Crippen molar-refractivity contribution in [3.8, 4) is 0 Å². The first-order valence-electron chi connectivity index (χ1n) is 8.57. The van der Waals surface area contributed by atoms with Crippen LogP contribution in [-0.2, 0) is 4.79 Å². The number of amides is 3. The molecule has 0 bridgehead atoms. The van der Waals surface area contributed by atoms with Gasteiger partial charge in [-0.3, -0.25) is 10.1 Å². The van der Waals surface area contributed by atoms with E-state index < -0.39 is 0 Å². The number of quaternary nitrogens is 1. The van der Waals surface area contributed by atoms with Crippen molar-refractivity contribution in [1.82, 2.24) is 10.6 Å². The van der Waals surface area contributed by atoms with E-state index in [1.54, 1.807) is 0 Å². The monoisotopic (exact) mass is 318 g/mol. The molecule has 1 aromatic carbocycles. The van der Waals surface area contributed by atoms with E-state index in [2.05, 4.69) is 17.6 Å². The smallest absolute Gasteiger partial charge is 0.321 e. The van der Waals surface area contributed by atoms with Crippen molar-refractivity contribution >= 4 is 11.9 Å². The van der Waals surface area contributed by atoms with E-state index in [1.807, 2.05) is 42.6 Å². The third kappa shape index (κ3) is 5.67. The van der Waals surface area contributed by atoms with Crippen LogP contribution in [0.2, 0.25) is 0 Å². The maximum absolute atomic E-state index is 12.2. The second-order valence-electron chi connectivity index (χ2n) is 6.48. The van der Waals surface area contributed by atoms with E-state index in [-0.39, 0.29) is 30.1 Å². The number of hydrogen-bond acceptors (Lipinski definition) is 2. The zero-order chi connectivity index (χ0) is 16.7. The third-order valence-corrected chi connectivity index (χ3v) is 4.49. The van der Waals surface area contributed by atoms with Gasteiger partial charge in [-0.05, 0) is 26.7 Å². The SMILES string of the molecule is C[C@@H]([NH2+][C@H](C)c1ccccc1)C(=O)NC(=O)NC1CCCCC1. The van der Waals surface area contributed by atoms with Gasteiger partial charge in [0.05, 0.1) is 0 Å². The normalized spacial score (nSPS) is 18.0. The van der Waals surface area contributed by atoms with Crippen LogP contribution in [0.25, 0.3) is 0 Å². The minimum Gasteiger partial charge on any atom is -0.335 e. The Kier molecular flexibility index (Phi) is 6.59. The maximum Gasteiger partial charge on any atom is 0.321 e. The first kappa shape index (κ1) is 17.5. The van der Waals surface area contributed by atoms with E-state index in [0.717, 1.165) is 25.7 Å². The van der Waals surface area contributed by atoms with E-state index >= 15 is 0 Å². The summed E-state index contributed by atoms with van der Waals surface area (Å²) in [6.07, 6.45) is 5.56. The molecular weight excluding hydrogens is 290 g/mol. The van der Waals surface area contributed by atoms with Gasteiger partial charge in [0.2, 0.25) is 0 Å². The molecule has 5 heteroatoms. The lowest BCUT2D eigenvalue weighted by Gasteiger charge is -2.23. The number of imide groups is 1. The topological polar surface area (TPSA) is 74.8 Å². The quantitative estimate of drug-likeness (QED) is 0.775. The first-order chi connectivity index (χ1) is 11.1. The molecule has 0 spiro atoms. The van der Waals surface area contributed by atoms with Gasteiger partial charge in [0.15, 0.2) is 6.04 Å². The molecule has 1 fully saturated rings. The third-order valence-electron chi connectivity index (χ3n) is 4.49. The van der Waals surface area contributed by atoms with Crippen molar-refractivity contribution in [3.63, 3.8) is 0 Å². The van der Waals surface area contributed by atoms with Gasteiger partial charge in [0, 0.05) is 11.6 Å². The van der Waals surface area contributed by atoms with Crippen LogP contribution in [0.1, 0.15) is 57.6 Å². The Labute approximate surface area is 138 Å². The van der Waals surface area contributed by atoms with Gasteiger partial charge in [0.25, 0.3) is 5.91 Å². The van der Waals surface area contributed by atoms with Crippen molar-refractivity contribution in [3.05, 3.63) is 35.9 Å². The molecule has 0 saturated heterocycles.